The third kappa shape index (κ3) is 4.96. The first-order chi connectivity index (χ1) is 16.3. The van der Waals surface area contributed by atoms with Gasteiger partial charge in [0, 0.05) is 12.6 Å². The molecule has 0 radical (unpaired) electrons. The summed E-state index contributed by atoms with van der Waals surface area (Å²) in [5.74, 6) is 0.388. The summed E-state index contributed by atoms with van der Waals surface area (Å²) in [5.41, 5.74) is 11.5. The van der Waals surface area contributed by atoms with Gasteiger partial charge < -0.3 is 36.3 Å². The number of hydrogen-bond acceptors (Lipinski definition) is 12. The molecule has 5 atom stereocenters. The summed E-state index contributed by atoms with van der Waals surface area (Å²) >= 11 is 5.77. The predicted octanol–water partition coefficient (Wildman–Crippen LogP) is -0.802. The van der Waals surface area contributed by atoms with E-state index in [0.717, 1.165) is 6.42 Å². The van der Waals surface area contributed by atoms with Crippen molar-refractivity contribution >= 4 is 34.4 Å². The van der Waals surface area contributed by atoms with Crippen LogP contribution in [0, 0.1) is 0 Å². The lowest BCUT2D eigenvalue weighted by atomic mass is 10.2. The molecule has 5 rings (SSSR count). The highest BCUT2D eigenvalue weighted by Crippen LogP contribution is 2.31. The lowest BCUT2D eigenvalue weighted by Crippen LogP contribution is -2.27. The topological polar surface area (TPSA) is 210 Å². The quantitative estimate of drug-likeness (QED) is 0.281. The smallest absolute Gasteiger partial charge is 0.351 e. The lowest BCUT2D eigenvalue weighted by molar-refractivity contribution is -0.0432. The van der Waals surface area contributed by atoms with Crippen LogP contribution in [0.25, 0.3) is 11.2 Å². The number of nitrogens with two attached hydrogens (primary N) is 2. The van der Waals surface area contributed by atoms with E-state index in [9.17, 15) is 9.90 Å². The molecule has 3 aromatic heterocycles. The molecule has 0 aliphatic carbocycles. The Balaban J connectivity index is 0.000000166. The third-order valence-electron chi connectivity index (χ3n) is 5.57. The number of halogens is 1. The molecule has 0 unspecified atom stereocenters. The number of hydrogen-bond donors (Lipinski definition) is 5. The van der Waals surface area contributed by atoms with Gasteiger partial charge in [0.25, 0.3) is 0 Å². The van der Waals surface area contributed by atoms with E-state index in [0.29, 0.717) is 24.0 Å². The van der Waals surface area contributed by atoms with Gasteiger partial charge in [-0.15, -0.1) is 0 Å². The van der Waals surface area contributed by atoms with E-state index in [1.54, 1.807) is 16.8 Å². The number of aliphatic hydroxyl groups is 3. The minimum Gasteiger partial charge on any atom is -0.394 e. The van der Waals surface area contributed by atoms with E-state index in [2.05, 4.69) is 19.9 Å². The van der Waals surface area contributed by atoms with E-state index in [-0.39, 0.29) is 42.5 Å². The van der Waals surface area contributed by atoms with E-state index in [1.165, 1.54) is 10.9 Å². The van der Waals surface area contributed by atoms with Crippen LogP contribution in [0.1, 0.15) is 31.7 Å². The van der Waals surface area contributed by atoms with Crippen molar-refractivity contribution < 1.29 is 24.8 Å². The molecule has 5 heterocycles. The van der Waals surface area contributed by atoms with Gasteiger partial charge in [0.15, 0.2) is 11.5 Å². The van der Waals surface area contributed by atoms with Crippen LogP contribution in [0.5, 0.6) is 0 Å². The molecule has 0 aromatic carbocycles. The number of rotatable bonds is 4. The second-order valence-corrected chi connectivity index (χ2v) is 8.17. The van der Waals surface area contributed by atoms with E-state index in [1.807, 2.05) is 0 Å². The summed E-state index contributed by atoms with van der Waals surface area (Å²) in [6.07, 6.45) is 2.52. The number of aliphatic hydroxyl groups excluding tert-OH is 3. The standard InChI is InChI=1S/C10H12ClN5O3.C9H13N3O3/c11-10-14-8(12)7-9(15-10)16(3-13-7)6-1-4(18)5(2-17)19-6;10-7-3-4-12(9(14)11-7)8-2-1-6(5-13)15-8/h3-6,17-18H,1-2H2,(H2,12,14,15);3-4,6,8,13H,1-2,5H2,(H2,10,11,14)/t4-,5+,6+;6-,8+/m00/s1. The number of anilines is 2. The van der Waals surface area contributed by atoms with Gasteiger partial charge in [-0.25, -0.2) is 9.78 Å². The van der Waals surface area contributed by atoms with Crippen LogP contribution in [-0.4, -0.2) is 75.9 Å². The van der Waals surface area contributed by atoms with Gasteiger partial charge in [0.1, 0.15) is 29.9 Å². The maximum atomic E-state index is 11.5. The van der Waals surface area contributed by atoms with Crippen molar-refractivity contribution in [3.8, 4) is 0 Å². The second kappa shape index (κ2) is 10.2. The second-order valence-electron chi connectivity index (χ2n) is 7.83. The highest BCUT2D eigenvalue weighted by atomic mass is 35.5. The Morgan fingerprint density at radius 3 is 2.53 bits per heavy atom. The molecule has 34 heavy (non-hydrogen) atoms. The van der Waals surface area contributed by atoms with Gasteiger partial charge in [-0.1, -0.05) is 0 Å². The fraction of sp³-hybridized carbons (Fsp3) is 0.526. The monoisotopic (exact) mass is 496 g/mol. The molecule has 14 nitrogen and oxygen atoms in total. The first-order valence-electron chi connectivity index (χ1n) is 10.5. The normalized spacial score (nSPS) is 26.5. The maximum Gasteiger partial charge on any atom is 0.351 e. The lowest BCUT2D eigenvalue weighted by Gasteiger charge is -2.14. The SMILES string of the molecule is Nc1ccn([C@H]2CC[C@@H](CO)O2)c(=O)n1.Nc1nc(Cl)nc2c1ncn2[C@H]1C[C@H](O)[C@@H](CO)O1. The number of imidazole rings is 1. The molecule has 2 fully saturated rings. The molecule has 2 saturated heterocycles. The molecule has 184 valence electrons. The fourth-order valence-electron chi connectivity index (χ4n) is 3.84. The minimum atomic E-state index is -0.734. The van der Waals surface area contributed by atoms with Crippen LogP contribution in [0.15, 0.2) is 23.4 Å². The zero-order valence-corrected chi connectivity index (χ0v) is 18.7. The Labute approximate surface area is 197 Å². The van der Waals surface area contributed by atoms with Gasteiger partial charge in [0.2, 0.25) is 5.28 Å². The Morgan fingerprint density at radius 1 is 1.09 bits per heavy atom. The number of nitrogen functional groups attached to an aromatic ring is 2. The summed E-state index contributed by atoms with van der Waals surface area (Å²) in [4.78, 5) is 27.1. The van der Waals surface area contributed by atoms with Crippen molar-refractivity contribution in [2.75, 3.05) is 24.7 Å². The van der Waals surface area contributed by atoms with E-state index < -0.39 is 24.1 Å². The fourth-order valence-corrected chi connectivity index (χ4v) is 4.01. The van der Waals surface area contributed by atoms with Gasteiger partial charge in [-0.05, 0) is 30.5 Å². The zero-order valence-electron chi connectivity index (χ0n) is 17.9. The maximum absolute atomic E-state index is 11.5. The third-order valence-corrected chi connectivity index (χ3v) is 5.74. The Kier molecular flexibility index (Phi) is 7.25. The van der Waals surface area contributed by atoms with Crippen molar-refractivity contribution in [2.24, 2.45) is 0 Å². The zero-order chi connectivity index (χ0) is 24.4. The number of ether oxygens (including phenoxy) is 2. The molecular weight excluding hydrogens is 472 g/mol. The molecule has 2 aliphatic heterocycles. The molecular formula is C19H25ClN8O6. The average molecular weight is 497 g/mol. The van der Waals surface area contributed by atoms with Gasteiger partial charge in [0.05, 0.1) is 31.7 Å². The van der Waals surface area contributed by atoms with Crippen molar-refractivity contribution in [3.63, 3.8) is 0 Å². The van der Waals surface area contributed by atoms with Gasteiger partial charge >= 0.3 is 5.69 Å². The van der Waals surface area contributed by atoms with Crippen molar-refractivity contribution in [1.82, 2.24) is 29.1 Å². The summed E-state index contributed by atoms with van der Waals surface area (Å²) in [6, 6.07) is 1.55. The first-order valence-corrected chi connectivity index (χ1v) is 10.9. The van der Waals surface area contributed by atoms with Gasteiger partial charge in [-0.3, -0.25) is 9.13 Å². The van der Waals surface area contributed by atoms with Crippen molar-refractivity contribution in [1.29, 1.82) is 0 Å². The van der Waals surface area contributed by atoms with E-state index in [4.69, 9.17) is 42.8 Å². The van der Waals surface area contributed by atoms with Crippen LogP contribution < -0.4 is 17.2 Å². The van der Waals surface area contributed by atoms with Crippen LogP contribution >= 0.6 is 11.6 Å². The Morgan fingerprint density at radius 2 is 1.88 bits per heavy atom. The summed E-state index contributed by atoms with van der Waals surface area (Å²) in [7, 11) is 0. The number of aromatic nitrogens is 6. The van der Waals surface area contributed by atoms with Crippen LogP contribution in [0.3, 0.4) is 0 Å². The van der Waals surface area contributed by atoms with Crippen LogP contribution in [0.4, 0.5) is 11.6 Å². The molecule has 0 amide bonds. The number of nitrogens with zero attached hydrogens (tertiary/aromatic N) is 6. The largest absolute Gasteiger partial charge is 0.394 e. The summed E-state index contributed by atoms with van der Waals surface area (Å²) in [5, 5.41) is 27.7. The molecule has 7 N–H and O–H groups in total. The van der Waals surface area contributed by atoms with Crippen LogP contribution in [0.2, 0.25) is 5.28 Å². The van der Waals surface area contributed by atoms with Crippen molar-refractivity contribution in [2.45, 2.75) is 50.0 Å². The van der Waals surface area contributed by atoms with Gasteiger partial charge in [-0.2, -0.15) is 15.0 Å². The Bertz CT molecular complexity index is 1210. The van der Waals surface area contributed by atoms with Crippen molar-refractivity contribution in [3.05, 3.63) is 34.4 Å². The molecule has 0 spiro atoms. The van der Waals surface area contributed by atoms with E-state index >= 15 is 0 Å². The molecule has 0 bridgehead atoms. The highest BCUT2D eigenvalue weighted by molar-refractivity contribution is 6.28. The molecule has 3 aromatic rings. The molecule has 15 heteroatoms. The molecule has 0 saturated carbocycles. The minimum absolute atomic E-state index is 0.0176. The molecule has 2 aliphatic rings. The Hall–Kier alpha value is -2.88. The number of fused-ring (bicyclic) bond motifs is 1. The summed E-state index contributed by atoms with van der Waals surface area (Å²) < 4.78 is 14.0. The highest BCUT2D eigenvalue weighted by Gasteiger charge is 2.35. The summed E-state index contributed by atoms with van der Waals surface area (Å²) in [6.45, 7) is -0.268. The van der Waals surface area contributed by atoms with Crippen LogP contribution in [-0.2, 0) is 9.47 Å². The first kappa shape index (κ1) is 24.3. The predicted molar refractivity (Wildman–Crippen MR) is 120 cm³/mol. The average Bonchev–Trinajstić information content (AvgIpc) is 3.52.